The third-order valence-electron chi connectivity index (χ3n) is 6.49. The van der Waals surface area contributed by atoms with Crippen molar-refractivity contribution in [2.45, 2.75) is 112 Å². The van der Waals surface area contributed by atoms with E-state index in [1.807, 2.05) is 19.9 Å². The van der Waals surface area contributed by atoms with Crippen molar-refractivity contribution in [1.82, 2.24) is 0 Å². The SMILES string of the molecule is C=CCCCCc1ccc(C(C=C)c2cc(C(C)(C)C)cc(C(C)(C)C)c2C)c(C)c1.CC. The normalized spacial score (nSPS) is 12.5. The van der Waals surface area contributed by atoms with Crippen molar-refractivity contribution in [3.8, 4) is 0 Å². The predicted molar refractivity (Wildman–Crippen MR) is 151 cm³/mol. The molecule has 33 heavy (non-hydrogen) atoms. The van der Waals surface area contributed by atoms with Crippen LogP contribution in [0.1, 0.15) is 120 Å². The Bertz CT molecular complexity index is 912. The summed E-state index contributed by atoms with van der Waals surface area (Å²) >= 11 is 0. The molecule has 1 atom stereocenters. The van der Waals surface area contributed by atoms with Gasteiger partial charge in [0.1, 0.15) is 0 Å². The zero-order valence-corrected chi connectivity index (χ0v) is 23.4. The van der Waals surface area contributed by atoms with E-state index in [0.717, 1.165) is 12.8 Å². The first-order chi connectivity index (χ1) is 15.4. The minimum atomic E-state index is 0.107. The van der Waals surface area contributed by atoms with Gasteiger partial charge in [-0.2, -0.15) is 0 Å². The van der Waals surface area contributed by atoms with Gasteiger partial charge in [0.15, 0.2) is 0 Å². The molecule has 0 heteroatoms. The summed E-state index contributed by atoms with van der Waals surface area (Å²) in [5.41, 5.74) is 10.0. The van der Waals surface area contributed by atoms with Gasteiger partial charge in [0, 0.05) is 5.92 Å². The molecule has 0 bridgehead atoms. The highest BCUT2D eigenvalue weighted by Crippen LogP contribution is 2.39. The van der Waals surface area contributed by atoms with Gasteiger partial charge in [-0.15, -0.1) is 13.2 Å². The monoisotopic (exact) mass is 446 g/mol. The summed E-state index contributed by atoms with van der Waals surface area (Å²) in [5, 5.41) is 0. The number of allylic oxidation sites excluding steroid dienone is 2. The maximum Gasteiger partial charge on any atom is 0.0272 e. The maximum atomic E-state index is 4.26. The van der Waals surface area contributed by atoms with Crippen LogP contribution in [-0.4, -0.2) is 0 Å². The van der Waals surface area contributed by atoms with Crippen LogP contribution in [0.5, 0.6) is 0 Å². The molecule has 2 rings (SSSR count). The summed E-state index contributed by atoms with van der Waals surface area (Å²) in [6, 6.07) is 11.9. The lowest BCUT2D eigenvalue weighted by Gasteiger charge is -2.31. The Labute approximate surface area is 206 Å². The number of unbranched alkanes of at least 4 members (excludes halogenated alkanes) is 2. The Morgan fingerprint density at radius 1 is 0.818 bits per heavy atom. The lowest BCUT2D eigenvalue weighted by molar-refractivity contribution is 0.563. The molecule has 0 aliphatic carbocycles. The van der Waals surface area contributed by atoms with E-state index in [4.69, 9.17) is 0 Å². The van der Waals surface area contributed by atoms with E-state index in [-0.39, 0.29) is 16.7 Å². The van der Waals surface area contributed by atoms with Crippen molar-refractivity contribution < 1.29 is 0 Å². The quantitative estimate of drug-likeness (QED) is 0.279. The standard InChI is InChI=1S/C31H44.C2H6/c1-11-13-14-15-16-24-17-18-27(22(3)19-24)26(12-2)28-20-25(30(5,6)7)21-29(23(28)4)31(8,9)10;1-2/h11-12,17-21,26H,1-2,13-16H2,3-10H3;1-2H3. The van der Waals surface area contributed by atoms with Gasteiger partial charge in [0.05, 0.1) is 0 Å². The van der Waals surface area contributed by atoms with E-state index < -0.39 is 0 Å². The van der Waals surface area contributed by atoms with E-state index in [0.29, 0.717) is 0 Å². The largest absolute Gasteiger partial charge is 0.103 e. The Morgan fingerprint density at radius 2 is 1.45 bits per heavy atom. The summed E-state index contributed by atoms with van der Waals surface area (Å²) in [4.78, 5) is 0. The molecule has 0 fully saturated rings. The molecular formula is C33H50. The van der Waals surface area contributed by atoms with Crippen molar-refractivity contribution in [1.29, 1.82) is 0 Å². The van der Waals surface area contributed by atoms with Crippen LogP contribution in [0.15, 0.2) is 55.6 Å². The van der Waals surface area contributed by atoms with E-state index >= 15 is 0 Å². The van der Waals surface area contributed by atoms with Crippen LogP contribution in [0.4, 0.5) is 0 Å². The molecule has 0 saturated carbocycles. The lowest BCUT2D eigenvalue weighted by Crippen LogP contribution is -2.20. The van der Waals surface area contributed by atoms with Gasteiger partial charge in [-0.25, -0.2) is 0 Å². The molecule has 0 N–H and O–H groups in total. The first kappa shape index (κ1) is 29.0. The average Bonchev–Trinajstić information content (AvgIpc) is 2.74. The summed E-state index contributed by atoms with van der Waals surface area (Å²) in [5.74, 6) is 0.207. The van der Waals surface area contributed by atoms with Crippen LogP contribution in [0.25, 0.3) is 0 Å². The minimum Gasteiger partial charge on any atom is -0.103 e. The molecule has 2 aromatic rings. The van der Waals surface area contributed by atoms with Crippen molar-refractivity contribution in [2.24, 2.45) is 0 Å². The zero-order chi connectivity index (χ0) is 25.4. The van der Waals surface area contributed by atoms with E-state index in [1.54, 1.807) is 0 Å². The van der Waals surface area contributed by atoms with Gasteiger partial charge in [-0.05, 0) is 89.3 Å². The maximum absolute atomic E-state index is 4.26. The highest BCUT2D eigenvalue weighted by Gasteiger charge is 2.26. The molecule has 0 amide bonds. The minimum absolute atomic E-state index is 0.107. The van der Waals surface area contributed by atoms with Crippen LogP contribution in [0.3, 0.4) is 0 Å². The van der Waals surface area contributed by atoms with Gasteiger partial charge < -0.3 is 0 Å². The van der Waals surface area contributed by atoms with E-state index in [9.17, 15) is 0 Å². The Morgan fingerprint density at radius 3 is 1.94 bits per heavy atom. The highest BCUT2D eigenvalue weighted by molar-refractivity contribution is 5.51. The van der Waals surface area contributed by atoms with E-state index in [1.165, 1.54) is 51.8 Å². The van der Waals surface area contributed by atoms with Crippen LogP contribution < -0.4 is 0 Å². The topological polar surface area (TPSA) is 0 Å². The number of hydrogen-bond acceptors (Lipinski definition) is 0. The van der Waals surface area contributed by atoms with Gasteiger partial charge in [-0.3, -0.25) is 0 Å². The molecule has 182 valence electrons. The average molecular weight is 447 g/mol. The van der Waals surface area contributed by atoms with Crippen molar-refractivity contribution >= 4 is 0 Å². The molecule has 0 spiro atoms. The van der Waals surface area contributed by atoms with Crippen LogP contribution >= 0.6 is 0 Å². The van der Waals surface area contributed by atoms with Crippen LogP contribution in [0.2, 0.25) is 0 Å². The number of rotatable bonds is 8. The fourth-order valence-electron chi connectivity index (χ4n) is 4.55. The molecule has 0 nitrogen and oxygen atoms in total. The van der Waals surface area contributed by atoms with Gasteiger partial charge >= 0.3 is 0 Å². The van der Waals surface area contributed by atoms with Gasteiger partial charge in [-0.1, -0.05) is 97.9 Å². The Balaban J connectivity index is 0.00000265. The van der Waals surface area contributed by atoms with Crippen molar-refractivity contribution in [3.05, 3.63) is 94.6 Å². The second kappa shape index (κ2) is 12.4. The van der Waals surface area contributed by atoms with Crippen LogP contribution in [0, 0.1) is 13.8 Å². The van der Waals surface area contributed by atoms with E-state index in [2.05, 4.69) is 105 Å². The second-order valence-corrected chi connectivity index (χ2v) is 11.2. The Hall–Kier alpha value is -2.08. The van der Waals surface area contributed by atoms with Gasteiger partial charge in [0.25, 0.3) is 0 Å². The third kappa shape index (κ3) is 7.73. The fraction of sp³-hybridized carbons (Fsp3) is 0.515. The molecule has 1 unspecified atom stereocenters. The first-order valence-corrected chi connectivity index (χ1v) is 12.9. The Kier molecular flexibility index (Phi) is 10.9. The third-order valence-corrected chi connectivity index (χ3v) is 6.49. The lowest BCUT2D eigenvalue weighted by atomic mass is 9.74. The van der Waals surface area contributed by atoms with Crippen molar-refractivity contribution in [3.63, 3.8) is 0 Å². The molecule has 0 saturated heterocycles. The molecular weight excluding hydrogens is 396 g/mol. The second-order valence-electron chi connectivity index (χ2n) is 11.2. The molecule has 2 aromatic carbocycles. The predicted octanol–water partition coefficient (Wildman–Crippen LogP) is 10.1. The summed E-state index contributed by atoms with van der Waals surface area (Å²) in [6.07, 6.45) is 8.83. The summed E-state index contributed by atoms with van der Waals surface area (Å²) in [7, 11) is 0. The highest BCUT2D eigenvalue weighted by atomic mass is 14.3. The number of benzene rings is 2. The zero-order valence-electron chi connectivity index (χ0n) is 23.4. The molecule has 0 heterocycles. The smallest absolute Gasteiger partial charge is 0.0272 e. The molecule has 0 radical (unpaired) electrons. The summed E-state index contributed by atoms with van der Waals surface area (Å²) < 4.78 is 0. The fourth-order valence-corrected chi connectivity index (χ4v) is 4.55. The number of aryl methyl sites for hydroxylation is 2. The number of hydrogen-bond donors (Lipinski definition) is 0. The van der Waals surface area contributed by atoms with Crippen LogP contribution in [-0.2, 0) is 17.3 Å². The van der Waals surface area contributed by atoms with Gasteiger partial charge in [0.2, 0.25) is 0 Å². The molecule has 0 aliphatic heterocycles. The first-order valence-electron chi connectivity index (χ1n) is 12.9. The van der Waals surface area contributed by atoms with Crippen molar-refractivity contribution in [2.75, 3.05) is 0 Å². The summed E-state index contributed by atoms with van der Waals surface area (Å²) in [6.45, 7) is 30.5. The molecule has 0 aromatic heterocycles. The molecule has 0 aliphatic rings.